The lowest BCUT2D eigenvalue weighted by molar-refractivity contribution is -0.384. The first-order chi connectivity index (χ1) is 13.2. The van der Waals surface area contributed by atoms with Crippen LogP contribution < -0.4 is 0 Å². The van der Waals surface area contributed by atoms with Gasteiger partial charge in [0, 0.05) is 17.8 Å². The minimum atomic E-state index is -1.13. The number of ketones is 1. The topological polar surface area (TPSA) is 129 Å². The molecular formula is C19H20N2O7. The molecule has 148 valence electrons. The first-order valence-electron chi connectivity index (χ1n) is 8.53. The zero-order valence-corrected chi connectivity index (χ0v) is 15.9. The number of aromatic nitrogens is 1. The Morgan fingerprint density at radius 1 is 1.14 bits per heavy atom. The van der Waals surface area contributed by atoms with Crippen LogP contribution in [0.5, 0.6) is 0 Å². The summed E-state index contributed by atoms with van der Waals surface area (Å²) in [6.07, 6.45) is -1.13. The molecule has 0 unspecified atom stereocenters. The van der Waals surface area contributed by atoms with Gasteiger partial charge >= 0.3 is 11.9 Å². The summed E-state index contributed by atoms with van der Waals surface area (Å²) in [6.45, 7) is 6.54. The maximum absolute atomic E-state index is 12.7. The van der Waals surface area contributed by atoms with Crippen molar-refractivity contribution in [2.45, 2.75) is 33.8 Å². The molecule has 0 fully saturated rings. The minimum absolute atomic E-state index is 0.0804. The van der Waals surface area contributed by atoms with Crippen LogP contribution in [-0.4, -0.2) is 40.3 Å². The van der Waals surface area contributed by atoms with Crippen LogP contribution in [0.1, 0.15) is 56.3 Å². The van der Waals surface area contributed by atoms with Crippen LogP contribution in [0.3, 0.4) is 0 Å². The zero-order chi connectivity index (χ0) is 21.0. The highest BCUT2D eigenvalue weighted by Crippen LogP contribution is 2.21. The van der Waals surface area contributed by atoms with Gasteiger partial charge in [0.1, 0.15) is 0 Å². The monoisotopic (exact) mass is 388 g/mol. The predicted octanol–water partition coefficient (Wildman–Crippen LogP) is 3.14. The fourth-order valence-corrected chi connectivity index (χ4v) is 2.71. The number of nitrogens with zero attached hydrogens (tertiary/aromatic N) is 1. The second-order valence-corrected chi connectivity index (χ2v) is 6.06. The number of ether oxygens (including phenoxy) is 2. The van der Waals surface area contributed by atoms with Gasteiger partial charge in [0.2, 0.25) is 5.78 Å². The first-order valence-corrected chi connectivity index (χ1v) is 8.53. The van der Waals surface area contributed by atoms with E-state index < -0.39 is 28.7 Å². The Kier molecular flexibility index (Phi) is 6.29. The van der Waals surface area contributed by atoms with Gasteiger partial charge in [-0.3, -0.25) is 14.9 Å². The van der Waals surface area contributed by atoms with Gasteiger partial charge in [-0.15, -0.1) is 0 Å². The molecule has 2 rings (SSSR count). The minimum Gasteiger partial charge on any atom is -0.462 e. The lowest BCUT2D eigenvalue weighted by atomic mass is 10.1. The average Bonchev–Trinajstić information content (AvgIpc) is 2.95. The zero-order valence-electron chi connectivity index (χ0n) is 15.9. The molecule has 0 saturated heterocycles. The highest BCUT2D eigenvalue weighted by molar-refractivity contribution is 6.04. The van der Waals surface area contributed by atoms with Gasteiger partial charge in [0.25, 0.3) is 5.69 Å². The third-order valence-corrected chi connectivity index (χ3v) is 4.13. The number of esters is 2. The van der Waals surface area contributed by atoms with E-state index in [1.54, 1.807) is 20.8 Å². The van der Waals surface area contributed by atoms with Gasteiger partial charge in [0.15, 0.2) is 6.10 Å². The summed E-state index contributed by atoms with van der Waals surface area (Å²) in [5, 5.41) is 10.7. The maximum atomic E-state index is 12.7. The number of non-ortho nitro benzene ring substituents is 1. The number of nitrogens with one attached hydrogen (secondary N) is 1. The number of H-pyrrole nitrogens is 1. The second kappa shape index (κ2) is 8.47. The van der Waals surface area contributed by atoms with Crippen molar-refractivity contribution < 1.29 is 28.8 Å². The third kappa shape index (κ3) is 4.25. The van der Waals surface area contributed by atoms with E-state index in [2.05, 4.69) is 4.98 Å². The summed E-state index contributed by atoms with van der Waals surface area (Å²) in [7, 11) is 0. The maximum Gasteiger partial charge on any atom is 0.340 e. The Balaban J connectivity index is 2.16. The summed E-state index contributed by atoms with van der Waals surface area (Å²) in [5.41, 5.74) is 1.25. The van der Waals surface area contributed by atoms with Gasteiger partial charge in [-0.25, -0.2) is 9.59 Å². The second-order valence-electron chi connectivity index (χ2n) is 6.06. The fraction of sp³-hybridized carbons (Fsp3) is 0.316. The van der Waals surface area contributed by atoms with Crippen molar-refractivity contribution in [3.05, 3.63) is 62.5 Å². The van der Waals surface area contributed by atoms with E-state index in [1.807, 2.05) is 0 Å². The summed E-state index contributed by atoms with van der Waals surface area (Å²) in [6, 6.07) is 4.85. The van der Waals surface area contributed by atoms with E-state index in [4.69, 9.17) is 9.47 Å². The van der Waals surface area contributed by atoms with Crippen LogP contribution in [0.4, 0.5) is 5.69 Å². The Morgan fingerprint density at radius 2 is 1.75 bits per heavy atom. The molecule has 9 heteroatoms. The van der Waals surface area contributed by atoms with Crippen molar-refractivity contribution in [3.8, 4) is 0 Å². The number of carbonyl (C=O) groups is 3. The molecule has 0 radical (unpaired) electrons. The molecule has 1 N–H and O–H groups in total. The fourth-order valence-electron chi connectivity index (χ4n) is 2.71. The van der Waals surface area contributed by atoms with E-state index in [0.29, 0.717) is 11.3 Å². The molecule has 1 heterocycles. The van der Waals surface area contributed by atoms with E-state index in [9.17, 15) is 24.5 Å². The third-order valence-electron chi connectivity index (χ3n) is 4.13. The van der Waals surface area contributed by atoms with Gasteiger partial charge in [0.05, 0.1) is 28.4 Å². The van der Waals surface area contributed by atoms with Crippen LogP contribution >= 0.6 is 0 Å². The first kappa shape index (κ1) is 20.8. The number of nitro groups is 1. The molecule has 0 saturated carbocycles. The van der Waals surface area contributed by atoms with Crippen LogP contribution in [0.2, 0.25) is 0 Å². The van der Waals surface area contributed by atoms with Crippen molar-refractivity contribution in [1.82, 2.24) is 4.98 Å². The summed E-state index contributed by atoms with van der Waals surface area (Å²) >= 11 is 0. The van der Waals surface area contributed by atoms with E-state index in [0.717, 1.165) is 0 Å². The lowest BCUT2D eigenvalue weighted by Crippen LogP contribution is -2.25. The van der Waals surface area contributed by atoms with Crippen molar-refractivity contribution in [2.24, 2.45) is 0 Å². The van der Waals surface area contributed by atoms with Gasteiger partial charge in [-0.05, 0) is 45.4 Å². The lowest BCUT2D eigenvalue weighted by Gasteiger charge is -2.12. The molecule has 1 aromatic heterocycles. The molecule has 0 bridgehead atoms. The van der Waals surface area contributed by atoms with Crippen LogP contribution in [0, 0.1) is 24.0 Å². The molecule has 28 heavy (non-hydrogen) atoms. The highest BCUT2D eigenvalue weighted by Gasteiger charge is 2.27. The number of Topliss-reactive ketones (excluding diaryl/α,β-unsaturated/α-hetero) is 1. The largest absolute Gasteiger partial charge is 0.462 e. The van der Waals surface area contributed by atoms with E-state index in [1.165, 1.54) is 31.2 Å². The quantitative estimate of drug-likeness (QED) is 0.334. The van der Waals surface area contributed by atoms with E-state index in [-0.39, 0.29) is 29.1 Å². The number of rotatable bonds is 7. The number of carbonyl (C=O) groups excluding carboxylic acids is 3. The van der Waals surface area contributed by atoms with Gasteiger partial charge < -0.3 is 14.5 Å². The molecule has 9 nitrogen and oxygen atoms in total. The van der Waals surface area contributed by atoms with Crippen molar-refractivity contribution in [3.63, 3.8) is 0 Å². The molecule has 0 spiro atoms. The number of nitro benzene ring substituents is 1. The number of hydrogen-bond acceptors (Lipinski definition) is 7. The Bertz CT molecular complexity index is 929. The normalized spacial score (nSPS) is 11.6. The summed E-state index contributed by atoms with van der Waals surface area (Å²) in [5.74, 6) is -1.84. The molecule has 0 amide bonds. The predicted molar refractivity (Wildman–Crippen MR) is 98.5 cm³/mol. The Hall–Kier alpha value is -3.49. The smallest absolute Gasteiger partial charge is 0.340 e. The Labute approximate surface area is 160 Å². The molecule has 2 aromatic rings. The highest BCUT2D eigenvalue weighted by atomic mass is 16.6. The average molecular weight is 388 g/mol. The summed E-state index contributed by atoms with van der Waals surface area (Å²) in [4.78, 5) is 49.8. The molecule has 0 aliphatic rings. The van der Waals surface area contributed by atoms with Gasteiger partial charge in [-0.1, -0.05) is 0 Å². The number of benzene rings is 1. The van der Waals surface area contributed by atoms with Crippen molar-refractivity contribution in [2.75, 3.05) is 6.61 Å². The van der Waals surface area contributed by atoms with Crippen LogP contribution in [0.25, 0.3) is 0 Å². The number of hydrogen-bond donors (Lipinski definition) is 1. The molecule has 1 atom stereocenters. The molecule has 0 aliphatic heterocycles. The Morgan fingerprint density at radius 3 is 2.29 bits per heavy atom. The molecular weight excluding hydrogens is 368 g/mol. The van der Waals surface area contributed by atoms with Crippen LogP contribution in [-0.2, 0) is 9.47 Å². The standard InChI is InChI=1S/C19H20N2O7/c1-5-27-19(24)15-10(2)16(20-11(15)3)17(22)12(4)28-18(23)13-6-8-14(9-7-13)21(25)26/h6-9,12,20H,5H2,1-4H3/t12-/m1/s1. The van der Waals surface area contributed by atoms with Crippen molar-refractivity contribution in [1.29, 1.82) is 0 Å². The SMILES string of the molecule is CCOC(=O)c1c(C)[nH]c(C(=O)[C@@H](C)OC(=O)c2ccc([N+](=O)[O-])cc2)c1C. The van der Waals surface area contributed by atoms with E-state index >= 15 is 0 Å². The van der Waals surface area contributed by atoms with Gasteiger partial charge in [-0.2, -0.15) is 0 Å². The summed E-state index contributed by atoms with van der Waals surface area (Å²) < 4.78 is 10.2. The van der Waals surface area contributed by atoms with Crippen molar-refractivity contribution >= 4 is 23.4 Å². The molecule has 0 aliphatic carbocycles. The number of aromatic amines is 1. The molecule has 1 aromatic carbocycles. The van der Waals surface area contributed by atoms with Crippen LogP contribution in [0.15, 0.2) is 24.3 Å². The number of aryl methyl sites for hydroxylation is 1.